The average molecular weight is 453 g/mol. The molecule has 1 aliphatic rings. The number of carbonyl (C=O) groups is 1. The van der Waals surface area contributed by atoms with Crippen LogP contribution in [0.2, 0.25) is 0 Å². The fraction of sp³-hybridized carbons (Fsp3) is 0.417. The summed E-state index contributed by atoms with van der Waals surface area (Å²) in [6.07, 6.45) is 1.71. The number of ether oxygens (including phenoxy) is 1. The summed E-state index contributed by atoms with van der Waals surface area (Å²) in [6, 6.07) is 7.27. The van der Waals surface area contributed by atoms with Gasteiger partial charge in [0.05, 0.1) is 56.8 Å². The number of hydrogen-bond donors (Lipinski definition) is 1. The van der Waals surface area contributed by atoms with E-state index in [-0.39, 0.29) is 17.7 Å². The van der Waals surface area contributed by atoms with Crippen molar-refractivity contribution in [1.82, 2.24) is 9.97 Å². The van der Waals surface area contributed by atoms with Crippen molar-refractivity contribution in [3.63, 3.8) is 0 Å². The number of aromatic nitrogens is 2. The van der Waals surface area contributed by atoms with Gasteiger partial charge in [-0.1, -0.05) is 13.8 Å². The Kier molecular flexibility index (Phi) is 6.07. The lowest BCUT2D eigenvalue weighted by Crippen LogP contribution is -2.60. The minimum Gasteiger partial charge on any atom is -0.497 e. The molecule has 0 atom stereocenters. The number of nitrogens with two attached hydrogens (primary N) is 1. The first-order valence-corrected chi connectivity index (χ1v) is 11.1. The van der Waals surface area contributed by atoms with Gasteiger partial charge in [-0.3, -0.25) is 4.79 Å². The second-order valence-electron chi connectivity index (χ2n) is 9.12. The molecule has 2 aromatic heterocycles. The molecule has 3 heterocycles. The summed E-state index contributed by atoms with van der Waals surface area (Å²) in [6.45, 7) is 7.23. The molecule has 1 fully saturated rings. The highest BCUT2D eigenvalue weighted by atomic mass is 16.5. The largest absolute Gasteiger partial charge is 0.497 e. The normalized spacial score (nSPS) is 15.7. The van der Waals surface area contributed by atoms with E-state index in [1.165, 1.54) is 0 Å². The molecule has 1 aromatic carbocycles. The number of hydrogen-bond acceptors (Lipinski definition) is 7. The molecule has 0 bridgehead atoms. The number of likely N-dealkylation sites (N-methyl/N-ethyl adjacent to an activating group) is 1. The highest BCUT2D eigenvalue weighted by Crippen LogP contribution is 2.32. The quantitative estimate of drug-likeness (QED) is 0.570. The number of quaternary nitrogens is 1. The molecule has 0 saturated carbocycles. The third kappa shape index (κ3) is 4.54. The highest BCUT2D eigenvalue weighted by Gasteiger charge is 2.32. The number of benzene rings is 1. The van der Waals surface area contributed by atoms with Crippen molar-refractivity contribution < 1.29 is 18.4 Å². The Labute approximate surface area is 192 Å². The van der Waals surface area contributed by atoms with Crippen LogP contribution in [0.4, 0.5) is 5.82 Å². The predicted octanol–water partition coefficient (Wildman–Crippen LogP) is 2.13. The molecule has 174 valence electrons. The van der Waals surface area contributed by atoms with Crippen molar-refractivity contribution >= 4 is 22.6 Å². The molecular weight excluding hydrogens is 422 g/mol. The molecule has 9 nitrogen and oxygen atoms in total. The van der Waals surface area contributed by atoms with Gasteiger partial charge in [0, 0.05) is 12.3 Å². The van der Waals surface area contributed by atoms with E-state index >= 15 is 0 Å². The van der Waals surface area contributed by atoms with E-state index in [1.807, 2.05) is 33.0 Å². The summed E-state index contributed by atoms with van der Waals surface area (Å²) in [5.74, 6) is 1.36. The molecule has 4 rings (SSSR count). The smallest absolute Gasteiger partial charge is 0.347 e. The maximum Gasteiger partial charge on any atom is 0.347 e. The van der Waals surface area contributed by atoms with Gasteiger partial charge < -0.3 is 24.3 Å². The van der Waals surface area contributed by atoms with Gasteiger partial charge in [-0.15, -0.1) is 0 Å². The van der Waals surface area contributed by atoms with Crippen molar-refractivity contribution in [1.29, 1.82) is 0 Å². The second kappa shape index (κ2) is 8.82. The number of rotatable bonds is 6. The number of pyridine rings is 1. The van der Waals surface area contributed by atoms with Gasteiger partial charge in [-0.2, -0.15) is 0 Å². The zero-order valence-electron chi connectivity index (χ0n) is 19.5. The molecule has 0 unspecified atom stereocenters. The van der Waals surface area contributed by atoms with Crippen molar-refractivity contribution in [2.45, 2.75) is 19.8 Å². The molecule has 0 radical (unpaired) electrons. The van der Waals surface area contributed by atoms with E-state index in [1.54, 1.807) is 25.4 Å². The lowest BCUT2D eigenvalue weighted by molar-refractivity contribution is -0.902. The maximum absolute atomic E-state index is 13.0. The highest BCUT2D eigenvalue weighted by molar-refractivity contribution is 5.85. The van der Waals surface area contributed by atoms with Crippen LogP contribution in [0.1, 0.15) is 25.3 Å². The molecule has 33 heavy (non-hydrogen) atoms. The number of methoxy groups -OCH3 is 1. The van der Waals surface area contributed by atoms with Crippen LogP contribution in [0, 0.1) is 0 Å². The molecule has 2 N–H and O–H groups in total. The first-order chi connectivity index (χ1) is 15.7. The fourth-order valence-electron chi connectivity index (χ4n) is 4.40. The zero-order valence-corrected chi connectivity index (χ0v) is 19.5. The fourth-order valence-corrected chi connectivity index (χ4v) is 4.40. The van der Waals surface area contributed by atoms with Gasteiger partial charge in [0.25, 0.3) is 5.91 Å². The molecule has 1 aliphatic heterocycles. The lowest BCUT2D eigenvalue weighted by atomic mass is 9.98. The van der Waals surface area contributed by atoms with Crippen LogP contribution in [-0.2, 0) is 4.79 Å². The molecule has 9 heteroatoms. The SMILES string of the molecule is COc1cc(C(C)C)c2c(=O)oc(-c3cccnc3N3CC[N+](C)(CC(N)=O)CC3)nc2c1. The van der Waals surface area contributed by atoms with Crippen LogP contribution in [-0.4, -0.2) is 67.2 Å². The molecule has 1 amide bonds. The maximum atomic E-state index is 13.0. The number of nitrogens with zero attached hydrogens (tertiary/aromatic N) is 4. The van der Waals surface area contributed by atoms with Crippen molar-refractivity contribution in [2.24, 2.45) is 5.73 Å². The third-order valence-corrected chi connectivity index (χ3v) is 6.27. The van der Waals surface area contributed by atoms with Gasteiger partial charge in [0.1, 0.15) is 11.6 Å². The van der Waals surface area contributed by atoms with Crippen molar-refractivity contribution in [3.05, 3.63) is 46.4 Å². The van der Waals surface area contributed by atoms with E-state index in [0.29, 0.717) is 52.2 Å². The van der Waals surface area contributed by atoms with Crippen LogP contribution in [0.5, 0.6) is 5.75 Å². The standard InChI is InChI=1S/C24H29N5O4/c1-15(2)18-12-16(32-4)13-19-21(18)24(31)33-23(27-19)17-6-5-7-26-22(17)28-8-10-29(3,11-9-28)14-20(25)30/h5-7,12-13,15H,8-11,14H2,1-4H3,(H-,25,30)/p+1. The molecule has 3 aromatic rings. The number of anilines is 1. The Bertz CT molecular complexity index is 1250. The topological polar surface area (TPSA) is 112 Å². The Morgan fingerprint density at radius 1 is 1.30 bits per heavy atom. The third-order valence-electron chi connectivity index (χ3n) is 6.27. The monoisotopic (exact) mass is 452 g/mol. The average Bonchev–Trinajstić information content (AvgIpc) is 2.77. The Morgan fingerprint density at radius 3 is 2.67 bits per heavy atom. The molecular formula is C24H30N5O4+. The van der Waals surface area contributed by atoms with Crippen LogP contribution in [0.15, 0.2) is 39.7 Å². The summed E-state index contributed by atoms with van der Waals surface area (Å²) in [7, 11) is 3.63. The van der Waals surface area contributed by atoms with Crippen LogP contribution in [0.25, 0.3) is 22.4 Å². The number of primary amides is 1. The summed E-state index contributed by atoms with van der Waals surface area (Å²) >= 11 is 0. The summed E-state index contributed by atoms with van der Waals surface area (Å²) in [5.41, 5.74) is 7.01. The predicted molar refractivity (Wildman–Crippen MR) is 126 cm³/mol. The van der Waals surface area contributed by atoms with E-state index in [4.69, 9.17) is 19.9 Å². The van der Waals surface area contributed by atoms with Gasteiger partial charge in [0.2, 0.25) is 5.89 Å². The van der Waals surface area contributed by atoms with E-state index in [0.717, 1.165) is 18.7 Å². The first kappa shape index (κ1) is 22.7. The Hall–Kier alpha value is -3.46. The van der Waals surface area contributed by atoms with Gasteiger partial charge >= 0.3 is 5.63 Å². The number of carbonyl (C=O) groups excluding carboxylic acids is 1. The van der Waals surface area contributed by atoms with Crippen LogP contribution >= 0.6 is 0 Å². The van der Waals surface area contributed by atoms with Gasteiger partial charge in [-0.25, -0.2) is 14.8 Å². The van der Waals surface area contributed by atoms with E-state index < -0.39 is 5.63 Å². The summed E-state index contributed by atoms with van der Waals surface area (Å²) in [4.78, 5) is 35.9. The zero-order chi connectivity index (χ0) is 23.8. The first-order valence-electron chi connectivity index (χ1n) is 11.1. The van der Waals surface area contributed by atoms with Gasteiger partial charge in [0.15, 0.2) is 6.54 Å². The summed E-state index contributed by atoms with van der Waals surface area (Å²) in [5, 5.41) is 0.470. The minimum absolute atomic E-state index is 0.105. The number of amides is 1. The summed E-state index contributed by atoms with van der Waals surface area (Å²) < 4.78 is 11.8. The van der Waals surface area contributed by atoms with Crippen LogP contribution < -0.4 is 21.0 Å². The molecule has 1 saturated heterocycles. The van der Waals surface area contributed by atoms with E-state index in [2.05, 4.69) is 9.88 Å². The van der Waals surface area contributed by atoms with Crippen LogP contribution in [0.3, 0.4) is 0 Å². The molecule has 0 spiro atoms. The van der Waals surface area contributed by atoms with Crippen molar-refractivity contribution in [2.75, 3.05) is 51.8 Å². The minimum atomic E-state index is -0.430. The van der Waals surface area contributed by atoms with Gasteiger partial charge in [-0.05, 0) is 29.7 Å². The second-order valence-corrected chi connectivity index (χ2v) is 9.12. The number of fused-ring (bicyclic) bond motifs is 1. The number of piperazine rings is 1. The lowest BCUT2D eigenvalue weighted by Gasteiger charge is -2.41. The molecule has 0 aliphatic carbocycles. The van der Waals surface area contributed by atoms with E-state index in [9.17, 15) is 9.59 Å². The Balaban J connectivity index is 1.75. The Morgan fingerprint density at radius 2 is 2.03 bits per heavy atom. The van der Waals surface area contributed by atoms with Crippen molar-refractivity contribution in [3.8, 4) is 17.2 Å².